The van der Waals surface area contributed by atoms with Crippen LogP contribution in [0.2, 0.25) is 0 Å². The molecule has 0 aliphatic carbocycles. The summed E-state index contributed by atoms with van der Waals surface area (Å²) in [5, 5.41) is 4.43. The molecular weight excluding hydrogens is 312 g/mol. The van der Waals surface area contributed by atoms with Crippen LogP contribution < -0.4 is 0 Å². The van der Waals surface area contributed by atoms with E-state index in [1.165, 1.54) is 0 Å². The fraction of sp³-hybridized carbons (Fsp3) is 0.227. The average Bonchev–Trinajstić information content (AvgIpc) is 2.66. The number of hydrogen-bond acceptors (Lipinski definition) is 3. The first kappa shape index (κ1) is 17.2. The Hall–Kier alpha value is -2.65. The summed E-state index contributed by atoms with van der Waals surface area (Å²) in [4.78, 5) is 12.0. The third kappa shape index (κ3) is 3.28. The number of methoxy groups -OCH3 is 1. The van der Waals surface area contributed by atoms with Crippen molar-refractivity contribution in [2.45, 2.75) is 26.6 Å². The molecule has 0 heterocycles. The Balaban J connectivity index is 2.17. The van der Waals surface area contributed by atoms with E-state index in [1.807, 2.05) is 31.2 Å². The van der Waals surface area contributed by atoms with Crippen LogP contribution >= 0.6 is 0 Å². The highest BCUT2D eigenvalue weighted by molar-refractivity contribution is 6.05. The molecule has 3 nitrogen and oxygen atoms in total. The zero-order valence-corrected chi connectivity index (χ0v) is 14.7. The van der Waals surface area contributed by atoms with E-state index < -0.39 is 0 Å². The Bertz CT molecular complexity index is 884. The van der Waals surface area contributed by atoms with E-state index in [4.69, 9.17) is 9.47 Å². The number of benzene rings is 3. The summed E-state index contributed by atoms with van der Waals surface area (Å²) in [6.07, 6.45) is 0.590. The lowest BCUT2D eigenvalue weighted by Gasteiger charge is -2.16. The van der Waals surface area contributed by atoms with Crippen molar-refractivity contribution >= 4 is 27.5 Å². The van der Waals surface area contributed by atoms with Crippen molar-refractivity contribution in [3.05, 3.63) is 71.8 Å². The average molecular weight is 334 g/mol. The highest BCUT2D eigenvalue weighted by Crippen LogP contribution is 2.34. The standard InChI is InChI=1S/C22H22O3/c1-4-15(2)22(23)25-14-21-18-11-7-5-9-16(18)20(13-24-3)17-10-6-8-12-19(17)21/h5-12H,2,4,13-14H2,1,3H3. The number of esters is 1. The van der Waals surface area contributed by atoms with E-state index in [1.54, 1.807) is 7.11 Å². The van der Waals surface area contributed by atoms with E-state index in [9.17, 15) is 4.79 Å². The maximum absolute atomic E-state index is 12.0. The molecule has 3 aromatic carbocycles. The van der Waals surface area contributed by atoms with Crippen LogP contribution in [0.1, 0.15) is 24.5 Å². The van der Waals surface area contributed by atoms with Gasteiger partial charge >= 0.3 is 5.97 Å². The Labute approximate surface area is 147 Å². The molecule has 0 saturated carbocycles. The molecule has 0 aliphatic heterocycles. The zero-order valence-electron chi connectivity index (χ0n) is 14.7. The minimum absolute atomic E-state index is 0.228. The number of ether oxygens (including phenoxy) is 2. The van der Waals surface area contributed by atoms with Crippen LogP contribution in [0.3, 0.4) is 0 Å². The molecule has 0 N–H and O–H groups in total. The van der Waals surface area contributed by atoms with Gasteiger partial charge in [-0.2, -0.15) is 0 Å². The number of fused-ring (bicyclic) bond motifs is 2. The molecule has 3 aromatic rings. The third-order valence-corrected chi connectivity index (χ3v) is 4.51. The van der Waals surface area contributed by atoms with Crippen LogP contribution in [0.4, 0.5) is 0 Å². The normalized spacial score (nSPS) is 11.0. The highest BCUT2D eigenvalue weighted by Gasteiger charge is 2.15. The molecule has 0 saturated heterocycles. The summed E-state index contributed by atoms with van der Waals surface area (Å²) >= 11 is 0. The van der Waals surface area contributed by atoms with Gasteiger partial charge in [-0.3, -0.25) is 0 Å². The predicted molar refractivity (Wildman–Crippen MR) is 101 cm³/mol. The van der Waals surface area contributed by atoms with Gasteiger partial charge < -0.3 is 9.47 Å². The minimum atomic E-state index is -0.336. The van der Waals surface area contributed by atoms with Gasteiger partial charge in [0.2, 0.25) is 0 Å². The van der Waals surface area contributed by atoms with Crippen molar-refractivity contribution in [2.75, 3.05) is 7.11 Å². The summed E-state index contributed by atoms with van der Waals surface area (Å²) < 4.78 is 11.0. The van der Waals surface area contributed by atoms with Crippen molar-refractivity contribution in [2.24, 2.45) is 0 Å². The molecule has 0 aromatic heterocycles. The first-order valence-electron chi connectivity index (χ1n) is 8.42. The summed E-state index contributed by atoms with van der Waals surface area (Å²) in [5.74, 6) is -0.336. The summed E-state index contributed by atoms with van der Waals surface area (Å²) in [7, 11) is 1.70. The van der Waals surface area contributed by atoms with Crippen molar-refractivity contribution in [1.82, 2.24) is 0 Å². The van der Waals surface area contributed by atoms with Gasteiger partial charge in [0.25, 0.3) is 0 Å². The van der Waals surface area contributed by atoms with Gasteiger partial charge in [0.15, 0.2) is 0 Å². The van der Waals surface area contributed by atoms with Gasteiger partial charge in [-0.25, -0.2) is 4.79 Å². The number of carbonyl (C=O) groups excluding carboxylic acids is 1. The summed E-state index contributed by atoms with van der Waals surface area (Å²) in [6.45, 7) is 6.42. The van der Waals surface area contributed by atoms with Crippen LogP contribution in [-0.2, 0) is 27.5 Å². The lowest BCUT2D eigenvalue weighted by atomic mass is 9.92. The Kier molecular flexibility index (Phi) is 5.15. The molecule has 0 aliphatic rings. The van der Waals surface area contributed by atoms with E-state index in [-0.39, 0.29) is 12.6 Å². The molecule has 0 unspecified atom stereocenters. The van der Waals surface area contributed by atoms with Gasteiger partial charge in [0.1, 0.15) is 6.61 Å². The maximum atomic E-state index is 12.0. The van der Waals surface area contributed by atoms with Crippen molar-refractivity contribution in [3.63, 3.8) is 0 Å². The maximum Gasteiger partial charge on any atom is 0.333 e. The second-order valence-corrected chi connectivity index (χ2v) is 6.01. The highest BCUT2D eigenvalue weighted by atomic mass is 16.5. The summed E-state index contributed by atoms with van der Waals surface area (Å²) in [5.41, 5.74) is 2.66. The van der Waals surface area contributed by atoms with Gasteiger partial charge in [-0.05, 0) is 33.5 Å². The molecule has 0 amide bonds. The fourth-order valence-corrected chi connectivity index (χ4v) is 3.15. The van der Waals surface area contributed by atoms with Crippen LogP contribution in [0.25, 0.3) is 21.5 Å². The number of carbonyl (C=O) groups is 1. The summed E-state index contributed by atoms with van der Waals surface area (Å²) in [6, 6.07) is 16.4. The van der Waals surface area contributed by atoms with E-state index in [2.05, 4.69) is 30.8 Å². The Morgan fingerprint density at radius 3 is 1.72 bits per heavy atom. The lowest BCUT2D eigenvalue weighted by molar-refractivity contribution is -0.140. The van der Waals surface area contributed by atoms with Crippen molar-refractivity contribution < 1.29 is 14.3 Å². The molecule has 25 heavy (non-hydrogen) atoms. The monoisotopic (exact) mass is 334 g/mol. The lowest BCUT2D eigenvalue weighted by Crippen LogP contribution is -2.07. The first-order chi connectivity index (χ1) is 12.2. The van der Waals surface area contributed by atoms with Crippen LogP contribution in [0, 0.1) is 0 Å². The van der Waals surface area contributed by atoms with Gasteiger partial charge in [-0.15, -0.1) is 0 Å². The van der Waals surface area contributed by atoms with Crippen LogP contribution in [-0.4, -0.2) is 13.1 Å². The van der Waals surface area contributed by atoms with Crippen molar-refractivity contribution in [1.29, 1.82) is 0 Å². The SMILES string of the molecule is C=C(CC)C(=O)OCc1c2ccccc2c(COC)c2ccccc12. The topological polar surface area (TPSA) is 35.5 Å². The molecule has 3 heteroatoms. The fourth-order valence-electron chi connectivity index (χ4n) is 3.15. The molecule has 128 valence electrons. The molecule has 0 fully saturated rings. The predicted octanol–water partition coefficient (Wildman–Crippen LogP) is 5.15. The van der Waals surface area contributed by atoms with E-state index in [0.717, 1.165) is 32.7 Å². The zero-order chi connectivity index (χ0) is 17.8. The molecule has 0 atom stereocenters. The molecule has 3 rings (SSSR count). The quantitative estimate of drug-likeness (QED) is 0.355. The number of hydrogen-bond donors (Lipinski definition) is 0. The first-order valence-corrected chi connectivity index (χ1v) is 8.42. The van der Waals surface area contributed by atoms with Gasteiger partial charge in [-0.1, -0.05) is 62.0 Å². The third-order valence-electron chi connectivity index (χ3n) is 4.51. The van der Waals surface area contributed by atoms with Crippen LogP contribution in [0.5, 0.6) is 0 Å². The minimum Gasteiger partial charge on any atom is -0.457 e. The molecule has 0 radical (unpaired) electrons. The molecular formula is C22H22O3. The smallest absolute Gasteiger partial charge is 0.333 e. The van der Waals surface area contributed by atoms with E-state index in [0.29, 0.717) is 18.6 Å². The van der Waals surface area contributed by atoms with Crippen molar-refractivity contribution in [3.8, 4) is 0 Å². The number of rotatable bonds is 6. The second kappa shape index (κ2) is 7.49. The Morgan fingerprint density at radius 1 is 0.880 bits per heavy atom. The van der Waals surface area contributed by atoms with Gasteiger partial charge in [0, 0.05) is 18.2 Å². The van der Waals surface area contributed by atoms with Crippen LogP contribution in [0.15, 0.2) is 60.7 Å². The molecule has 0 spiro atoms. The molecule has 0 bridgehead atoms. The van der Waals surface area contributed by atoms with Gasteiger partial charge in [0.05, 0.1) is 6.61 Å². The second-order valence-electron chi connectivity index (χ2n) is 6.01. The Morgan fingerprint density at radius 2 is 1.32 bits per heavy atom. The largest absolute Gasteiger partial charge is 0.457 e. The van der Waals surface area contributed by atoms with E-state index >= 15 is 0 Å².